The molecule has 0 aromatic heterocycles. The number of aliphatic hydroxyl groups excluding tert-OH is 1. The molecule has 3 fully saturated rings. The third-order valence-corrected chi connectivity index (χ3v) is 8.11. The Morgan fingerprint density at radius 2 is 1.92 bits per heavy atom. The molecule has 3 saturated carbocycles. The number of carbonyl (C=O) groups is 2. The highest BCUT2D eigenvalue weighted by atomic mass is 16.4. The van der Waals surface area contributed by atoms with Crippen LogP contribution in [0.3, 0.4) is 0 Å². The number of rotatable bonds is 4. The molecule has 3 rings (SSSR count). The molecule has 24 heavy (non-hydrogen) atoms. The molecule has 4 heteroatoms. The Morgan fingerprint density at radius 1 is 1.21 bits per heavy atom. The number of hydrogen-bond acceptors (Lipinski definition) is 3. The van der Waals surface area contributed by atoms with Crippen LogP contribution in [0.4, 0.5) is 0 Å². The number of ketones is 1. The summed E-state index contributed by atoms with van der Waals surface area (Å²) in [7, 11) is 0. The minimum absolute atomic E-state index is 0.0870. The first-order valence-electron chi connectivity index (χ1n) is 9.63. The van der Waals surface area contributed by atoms with Crippen molar-refractivity contribution in [2.24, 2.45) is 34.5 Å². The molecule has 0 saturated heterocycles. The lowest BCUT2D eigenvalue weighted by molar-refractivity contribution is -0.149. The quantitative estimate of drug-likeness (QED) is 0.821. The summed E-state index contributed by atoms with van der Waals surface area (Å²) < 4.78 is 0. The Morgan fingerprint density at radius 3 is 2.54 bits per heavy atom. The van der Waals surface area contributed by atoms with Crippen molar-refractivity contribution in [2.45, 2.75) is 78.2 Å². The van der Waals surface area contributed by atoms with Gasteiger partial charge in [0.1, 0.15) is 5.78 Å². The number of carbonyl (C=O) groups excluding carboxylic acids is 1. The van der Waals surface area contributed by atoms with Crippen molar-refractivity contribution in [1.29, 1.82) is 0 Å². The summed E-state index contributed by atoms with van der Waals surface area (Å²) >= 11 is 0. The van der Waals surface area contributed by atoms with Crippen LogP contribution in [0.15, 0.2) is 0 Å². The standard InChI is InChI=1S/C20H32O4/c1-12(21)14-5-6-15-13-4-7-17(22)20(3,11-9-18(23)24)16(13)8-10-19(14,15)2/h12-16,21H,4-11H2,1-3H3,(H,23,24)/t12-,13+,14-,15-,16+,19+,20-/m0/s1. The lowest BCUT2D eigenvalue weighted by atomic mass is 9.48. The molecule has 0 spiro atoms. The smallest absolute Gasteiger partial charge is 0.303 e. The molecule has 0 aliphatic heterocycles. The van der Waals surface area contributed by atoms with Crippen LogP contribution in [-0.4, -0.2) is 28.1 Å². The van der Waals surface area contributed by atoms with E-state index in [0.717, 1.165) is 32.1 Å². The molecule has 3 aliphatic rings. The molecule has 0 unspecified atom stereocenters. The van der Waals surface area contributed by atoms with E-state index in [1.807, 2.05) is 13.8 Å². The lowest BCUT2D eigenvalue weighted by Gasteiger charge is -2.56. The molecule has 3 aliphatic carbocycles. The van der Waals surface area contributed by atoms with Gasteiger partial charge in [0, 0.05) is 18.3 Å². The second-order valence-corrected chi connectivity index (χ2v) is 9.12. The SMILES string of the molecule is C[C@H](O)[C@@H]1CC[C@H]2[C@H]3CCC(=O)[C@@](C)(CCC(=O)O)[C@@H]3CC[C@@]21C. The zero-order valence-electron chi connectivity index (χ0n) is 15.3. The topological polar surface area (TPSA) is 74.6 Å². The van der Waals surface area contributed by atoms with Crippen molar-refractivity contribution in [2.75, 3.05) is 0 Å². The van der Waals surface area contributed by atoms with Gasteiger partial charge in [0.25, 0.3) is 0 Å². The van der Waals surface area contributed by atoms with E-state index in [9.17, 15) is 14.7 Å². The number of hydrogen-bond donors (Lipinski definition) is 2. The van der Waals surface area contributed by atoms with Gasteiger partial charge >= 0.3 is 5.97 Å². The Bertz CT molecular complexity index is 528. The van der Waals surface area contributed by atoms with Crippen LogP contribution in [0, 0.1) is 34.5 Å². The van der Waals surface area contributed by atoms with Crippen LogP contribution < -0.4 is 0 Å². The molecule has 7 atom stereocenters. The van der Waals surface area contributed by atoms with E-state index < -0.39 is 11.4 Å². The number of carboxylic acid groups (broad SMARTS) is 1. The molecule has 136 valence electrons. The number of Topliss-reactive ketones (excluding diaryl/α,β-unsaturated/α-hetero) is 1. The van der Waals surface area contributed by atoms with Gasteiger partial charge in [-0.2, -0.15) is 0 Å². The molecular formula is C20H32O4. The zero-order valence-corrected chi connectivity index (χ0v) is 15.3. The van der Waals surface area contributed by atoms with Gasteiger partial charge in [-0.15, -0.1) is 0 Å². The maximum absolute atomic E-state index is 12.7. The van der Waals surface area contributed by atoms with Crippen LogP contribution >= 0.6 is 0 Å². The van der Waals surface area contributed by atoms with Crippen molar-refractivity contribution in [3.8, 4) is 0 Å². The van der Waals surface area contributed by atoms with Crippen molar-refractivity contribution in [3.63, 3.8) is 0 Å². The van der Waals surface area contributed by atoms with E-state index in [-0.39, 0.29) is 23.7 Å². The summed E-state index contributed by atoms with van der Waals surface area (Å²) in [6.07, 6.45) is 6.16. The van der Waals surface area contributed by atoms with E-state index in [1.54, 1.807) is 0 Å². The third-order valence-electron chi connectivity index (χ3n) is 8.11. The zero-order chi connectivity index (χ0) is 17.7. The van der Waals surface area contributed by atoms with E-state index in [0.29, 0.717) is 36.5 Å². The second kappa shape index (κ2) is 6.12. The Labute approximate surface area is 145 Å². The Kier molecular flexibility index (Phi) is 4.57. The van der Waals surface area contributed by atoms with Crippen LogP contribution in [0.25, 0.3) is 0 Å². The van der Waals surface area contributed by atoms with Gasteiger partial charge in [0.15, 0.2) is 0 Å². The summed E-state index contributed by atoms with van der Waals surface area (Å²) in [6.45, 7) is 6.30. The highest BCUT2D eigenvalue weighted by Crippen LogP contribution is 2.65. The van der Waals surface area contributed by atoms with Crippen molar-refractivity contribution in [3.05, 3.63) is 0 Å². The van der Waals surface area contributed by atoms with Crippen molar-refractivity contribution >= 4 is 11.8 Å². The van der Waals surface area contributed by atoms with Gasteiger partial charge in [-0.3, -0.25) is 9.59 Å². The first kappa shape index (κ1) is 17.9. The number of carboxylic acids is 1. The largest absolute Gasteiger partial charge is 0.481 e. The highest BCUT2D eigenvalue weighted by Gasteiger charge is 2.59. The van der Waals surface area contributed by atoms with E-state index in [1.165, 1.54) is 0 Å². The molecule has 0 heterocycles. The predicted molar refractivity (Wildman–Crippen MR) is 91.4 cm³/mol. The average Bonchev–Trinajstić information content (AvgIpc) is 2.86. The molecule has 4 nitrogen and oxygen atoms in total. The van der Waals surface area contributed by atoms with Crippen LogP contribution in [0.5, 0.6) is 0 Å². The monoisotopic (exact) mass is 336 g/mol. The van der Waals surface area contributed by atoms with Gasteiger partial charge in [0.2, 0.25) is 0 Å². The molecule has 2 N–H and O–H groups in total. The van der Waals surface area contributed by atoms with Crippen LogP contribution in [0.2, 0.25) is 0 Å². The molecule has 0 radical (unpaired) electrons. The summed E-state index contributed by atoms with van der Waals surface area (Å²) in [5.41, 5.74) is -0.283. The van der Waals surface area contributed by atoms with E-state index >= 15 is 0 Å². The summed E-state index contributed by atoms with van der Waals surface area (Å²) in [5, 5.41) is 19.3. The Balaban J connectivity index is 1.86. The van der Waals surface area contributed by atoms with Gasteiger partial charge in [-0.05, 0) is 74.5 Å². The molecule has 0 bridgehead atoms. The van der Waals surface area contributed by atoms with Crippen LogP contribution in [-0.2, 0) is 9.59 Å². The maximum atomic E-state index is 12.7. The number of fused-ring (bicyclic) bond motifs is 3. The highest BCUT2D eigenvalue weighted by molar-refractivity contribution is 5.86. The molecule has 0 amide bonds. The van der Waals surface area contributed by atoms with Crippen molar-refractivity contribution in [1.82, 2.24) is 0 Å². The maximum Gasteiger partial charge on any atom is 0.303 e. The van der Waals surface area contributed by atoms with Gasteiger partial charge in [0.05, 0.1) is 6.10 Å². The van der Waals surface area contributed by atoms with E-state index in [4.69, 9.17) is 5.11 Å². The number of aliphatic hydroxyl groups is 1. The van der Waals surface area contributed by atoms with Gasteiger partial charge in [-0.1, -0.05) is 13.8 Å². The fourth-order valence-electron chi connectivity index (χ4n) is 6.80. The second-order valence-electron chi connectivity index (χ2n) is 9.12. The minimum Gasteiger partial charge on any atom is -0.481 e. The number of aliphatic carboxylic acids is 1. The predicted octanol–water partition coefficient (Wildman–Crippen LogP) is 3.66. The van der Waals surface area contributed by atoms with Crippen LogP contribution in [0.1, 0.15) is 72.1 Å². The first-order valence-corrected chi connectivity index (χ1v) is 9.63. The summed E-state index contributed by atoms with van der Waals surface area (Å²) in [6, 6.07) is 0. The van der Waals surface area contributed by atoms with Gasteiger partial charge in [-0.25, -0.2) is 0 Å². The summed E-state index contributed by atoms with van der Waals surface area (Å²) in [4.78, 5) is 23.8. The molecular weight excluding hydrogens is 304 g/mol. The first-order chi connectivity index (χ1) is 11.2. The fourth-order valence-corrected chi connectivity index (χ4v) is 6.80. The summed E-state index contributed by atoms with van der Waals surface area (Å²) in [5.74, 6) is 1.26. The molecule has 0 aromatic rings. The van der Waals surface area contributed by atoms with E-state index in [2.05, 4.69) is 6.92 Å². The third kappa shape index (κ3) is 2.61. The Hall–Kier alpha value is -0.900. The van der Waals surface area contributed by atoms with Gasteiger partial charge < -0.3 is 10.2 Å². The van der Waals surface area contributed by atoms with Crippen molar-refractivity contribution < 1.29 is 19.8 Å². The molecule has 0 aromatic carbocycles. The lowest BCUT2D eigenvalue weighted by Crippen LogP contribution is -2.53. The normalized spacial score (nSPS) is 46.2. The fraction of sp³-hybridized carbons (Fsp3) is 0.900. The minimum atomic E-state index is -0.804. The average molecular weight is 336 g/mol.